The SMILES string of the molecule is c1nc([C@@H]2CO2)ncc1-n1cnnn1. The van der Waals surface area contributed by atoms with E-state index < -0.39 is 0 Å². The molecule has 3 rings (SSSR count). The summed E-state index contributed by atoms with van der Waals surface area (Å²) in [4.78, 5) is 8.29. The highest BCUT2D eigenvalue weighted by molar-refractivity contribution is 5.22. The van der Waals surface area contributed by atoms with Crippen LogP contribution in [0.2, 0.25) is 0 Å². The summed E-state index contributed by atoms with van der Waals surface area (Å²) in [5.41, 5.74) is 0.736. The summed E-state index contributed by atoms with van der Waals surface area (Å²) in [5, 5.41) is 10.8. The van der Waals surface area contributed by atoms with Gasteiger partial charge in [0.1, 0.15) is 18.1 Å². The van der Waals surface area contributed by atoms with Crippen molar-refractivity contribution in [1.29, 1.82) is 0 Å². The first kappa shape index (κ1) is 7.51. The van der Waals surface area contributed by atoms with Crippen LogP contribution < -0.4 is 0 Å². The van der Waals surface area contributed by atoms with Gasteiger partial charge in [-0.1, -0.05) is 0 Å². The van der Waals surface area contributed by atoms with E-state index in [1.807, 2.05) is 0 Å². The topological polar surface area (TPSA) is 81.9 Å². The number of rotatable bonds is 2. The molecule has 0 amide bonds. The van der Waals surface area contributed by atoms with Crippen LogP contribution in [0.5, 0.6) is 0 Å². The first-order valence-corrected chi connectivity index (χ1v) is 4.10. The molecule has 0 saturated carbocycles. The smallest absolute Gasteiger partial charge is 0.159 e. The minimum Gasteiger partial charge on any atom is -0.365 e. The second-order valence-corrected chi connectivity index (χ2v) is 2.88. The molecule has 1 aliphatic heterocycles. The summed E-state index contributed by atoms with van der Waals surface area (Å²) < 4.78 is 6.55. The van der Waals surface area contributed by atoms with Crippen LogP contribution in [-0.4, -0.2) is 36.8 Å². The van der Waals surface area contributed by atoms with Gasteiger partial charge < -0.3 is 4.74 Å². The zero-order chi connectivity index (χ0) is 9.38. The number of hydrogen-bond donors (Lipinski definition) is 0. The van der Waals surface area contributed by atoms with Crippen LogP contribution in [-0.2, 0) is 4.74 Å². The summed E-state index contributed by atoms with van der Waals surface area (Å²) in [6.45, 7) is 0.713. The molecule has 1 aliphatic rings. The Morgan fingerprint density at radius 2 is 2.14 bits per heavy atom. The lowest BCUT2D eigenvalue weighted by atomic mass is 10.4. The van der Waals surface area contributed by atoms with E-state index in [0.717, 1.165) is 5.69 Å². The maximum Gasteiger partial charge on any atom is 0.159 e. The predicted octanol–water partition coefficient (Wildman–Crippen LogP) is -0.476. The molecule has 1 fully saturated rings. The van der Waals surface area contributed by atoms with Crippen LogP contribution >= 0.6 is 0 Å². The van der Waals surface area contributed by atoms with Crippen molar-refractivity contribution in [2.45, 2.75) is 6.10 Å². The lowest BCUT2D eigenvalue weighted by molar-refractivity contribution is 0.406. The fourth-order valence-corrected chi connectivity index (χ4v) is 1.09. The monoisotopic (exact) mass is 190 g/mol. The highest BCUT2D eigenvalue weighted by Gasteiger charge is 2.27. The molecular weight excluding hydrogens is 184 g/mol. The Morgan fingerprint density at radius 3 is 2.71 bits per heavy atom. The third kappa shape index (κ3) is 1.23. The molecule has 70 valence electrons. The van der Waals surface area contributed by atoms with E-state index in [1.165, 1.54) is 11.0 Å². The van der Waals surface area contributed by atoms with Crippen LogP contribution in [0.25, 0.3) is 5.69 Å². The molecule has 1 saturated heterocycles. The Labute approximate surface area is 78.7 Å². The van der Waals surface area contributed by atoms with Crippen molar-refractivity contribution in [2.24, 2.45) is 0 Å². The molecule has 0 bridgehead atoms. The van der Waals surface area contributed by atoms with Gasteiger partial charge in [-0.2, -0.15) is 4.68 Å². The first-order valence-electron chi connectivity index (χ1n) is 4.10. The fraction of sp³-hybridized carbons (Fsp3) is 0.286. The maximum atomic E-state index is 5.05. The van der Waals surface area contributed by atoms with Crippen molar-refractivity contribution in [3.63, 3.8) is 0 Å². The number of nitrogens with zero attached hydrogens (tertiary/aromatic N) is 6. The van der Waals surface area contributed by atoms with Crippen molar-refractivity contribution in [3.8, 4) is 5.69 Å². The molecule has 0 aliphatic carbocycles. The van der Waals surface area contributed by atoms with Crippen LogP contribution in [0.1, 0.15) is 11.9 Å². The lowest BCUT2D eigenvalue weighted by Gasteiger charge is -1.98. The van der Waals surface area contributed by atoms with Gasteiger partial charge in [0.25, 0.3) is 0 Å². The zero-order valence-corrected chi connectivity index (χ0v) is 7.11. The molecule has 0 unspecified atom stereocenters. The number of tetrazole rings is 1. The molecule has 1 atom stereocenters. The largest absolute Gasteiger partial charge is 0.365 e. The summed E-state index contributed by atoms with van der Waals surface area (Å²) in [6.07, 6.45) is 4.91. The second-order valence-electron chi connectivity index (χ2n) is 2.88. The first-order chi connectivity index (χ1) is 6.93. The molecule has 2 aromatic heterocycles. The van der Waals surface area contributed by atoms with E-state index in [1.54, 1.807) is 12.4 Å². The Kier molecular flexibility index (Phi) is 1.51. The molecule has 0 aromatic carbocycles. The Morgan fingerprint density at radius 1 is 1.36 bits per heavy atom. The minimum absolute atomic E-state index is 0.0814. The van der Waals surface area contributed by atoms with Crippen LogP contribution in [0.15, 0.2) is 18.7 Å². The standard InChI is InChI=1S/C7H6N6O/c1-5(13-4-10-11-12-13)2-9-7(8-1)6-3-14-6/h1-2,4,6H,3H2/t6-/m0/s1. The van der Waals surface area contributed by atoms with Crippen LogP contribution in [0, 0.1) is 0 Å². The molecular formula is C7H6N6O. The third-order valence-electron chi connectivity index (χ3n) is 1.89. The Balaban J connectivity index is 1.93. The summed E-state index contributed by atoms with van der Waals surface area (Å²) in [7, 11) is 0. The van der Waals surface area contributed by atoms with E-state index in [9.17, 15) is 0 Å². The number of aromatic nitrogens is 6. The van der Waals surface area contributed by atoms with Gasteiger partial charge in [0.15, 0.2) is 5.82 Å². The van der Waals surface area contributed by atoms with E-state index in [0.29, 0.717) is 12.4 Å². The van der Waals surface area contributed by atoms with E-state index >= 15 is 0 Å². The highest BCUT2D eigenvalue weighted by atomic mass is 16.6. The van der Waals surface area contributed by atoms with Gasteiger partial charge in [-0.05, 0) is 10.4 Å². The van der Waals surface area contributed by atoms with Crippen molar-refractivity contribution >= 4 is 0 Å². The molecule has 3 heterocycles. The summed E-state index contributed by atoms with van der Waals surface area (Å²) in [6, 6.07) is 0. The van der Waals surface area contributed by atoms with E-state index in [4.69, 9.17) is 4.74 Å². The average molecular weight is 190 g/mol. The van der Waals surface area contributed by atoms with Crippen LogP contribution in [0.4, 0.5) is 0 Å². The average Bonchev–Trinajstić information content (AvgIpc) is 2.94. The van der Waals surface area contributed by atoms with E-state index in [-0.39, 0.29) is 6.10 Å². The van der Waals surface area contributed by atoms with Gasteiger partial charge in [-0.3, -0.25) is 0 Å². The summed E-state index contributed by atoms with van der Waals surface area (Å²) >= 11 is 0. The second kappa shape index (κ2) is 2.81. The quantitative estimate of drug-likeness (QED) is 0.595. The molecule has 0 radical (unpaired) electrons. The highest BCUT2D eigenvalue weighted by Crippen LogP contribution is 2.26. The van der Waals surface area contributed by atoms with E-state index in [2.05, 4.69) is 25.5 Å². The van der Waals surface area contributed by atoms with Gasteiger partial charge in [-0.15, -0.1) is 5.10 Å². The van der Waals surface area contributed by atoms with Gasteiger partial charge in [0.2, 0.25) is 0 Å². The van der Waals surface area contributed by atoms with Crippen LogP contribution in [0.3, 0.4) is 0 Å². The van der Waals surface area contributed by atoms with Gasteiger partial charge >= 0.3 is 0 Å². The van der Waals surface area contributed by atoms with Crippen molar-refractivity contribution in [1.82, 2.24) is 30.2 Å². The maximum absolute atomic E-state index is 5.05. The Hall–Kier alpha value is -1.89. The van der Waals surface area contributed by atoms with Crippen molar-refractivity contribution in [3.05, 3.63) is 24.5 Å². The Bertz CT molecular complexity index is 420. The zero-order valence-electron chi connectivity index (χ0n) is 7.11. The third-order valence-corrected chi connectivity index (χ3v) is 1.89. The van der Waals surface area contributed by atoms with Gasteiger partial charge in [-0.25, -0.2) is 9.97 Å². The molecule has 0 N–H and O–H groups in total. The molecule has 7 nitrogen and oxygen atoms in total. The lowest BCUT2D eigenvalue weighted by Crippen LogP contribution is -1.99. The minimum atomic E-state index is 0.0814. The summed E-state index contributed by atoms with van der Waals surface area (Å²) in [5.74, 6) is 0.710. The molecule has 14 heavy (non-hydrogen) atoms. The predicted molar refractivity (Wildman–Crippen MR) is 43.4 cm³/mol. The normalized spacial score (nSPS) is 19.6. The number of hydrogen-bond acceptors (Lipinski definition) is 6. The van der Waals surface area contributed by atoms with Gasteiger partial charge in [0, 0.05) is 0 Å². The number of epoxide rings is 1. The molecule has 2 aromatic rings. The molecule has 7 heteroatoms. The van der Waals surface area contributed by atoms with Crippen molar-refractivity contribution < 1.29 is 4.74 Å². The van der Waals surface area contributed by atoms with Gasteiger partial charge in [0.05, 0.1) is 19.0 Å². The molecule has 0 spiro atoms. The fourth-order valence-electron chi connectivity index (χ4n) is 1.09. The number of ether oxygens (including phenoxy) is 1. The van der Waals surface area contributed by atoms with Crippen molar-refractivity contribution in [2.75, 3.05) is 6.61 Å².